The first-order valence-corrected chi connectivity index (χ1v) is 13.3. The van der Waals surface area contributed by atoms with Gasteiger partial charge in [-0.3, -0.25) is 10.9 Å². The zero-order valence-electron chi connectivity index (χ0n) is 20.3. The maximum Gasteiger partial charge on any atom is 0.187 e. The topological polar surface area (TPSA) is 209 Å². The van der Waals surface area contributed by atoms with Gasteiger partial charge in [-0.05, 0) is 48.5 Å². The molecule has 1 aliphatic heterocycles. The van der Waals surface area contributed by atoms with Crippen molar-refractivity contribution in [2.45, 2.75) is 49.0 Å². The molecule has 39 heavy (non-hydrogen) atoms. The Morgan fingerprint density at radius 3 is 2.00 bits per heavy atom. The highest BCUT2D eigenvalue weighted by molar-refractivity contribution is 9.10. The molecule has 1 saturated heterocycles. The zero-order chi connectivity index (χ0) is 28.5. The lowest BCUT2D eigenvalue weighted by atomic mass is 9.98. The van der Waals surface area contributed by atoms with Crippen LogP contribution in [0.2, 0.25) is 0 Å². The van der Waals surface area contributed by atoms with Crippen molar-refractivity contribution in [3.8, 4) is 0 Å². The second-order valence-corrected chi connectivity index (χ2v) is 10.4. The Labute approximate surface area is 240 Å². The lowest BCUT2D eigenvalue weighted by Crippen LogP contribution is -2.61. The van der Waals surface area contributed by atoms with E-state index in [1.54, 1.807) is 48.5 Å². The molecule has 3 rings (SSSR count). The highest BCUT2D eigenvalue weighted by atomic mass is 79.9. The van der Waals surface area contributed by atoms with Gasteiger partial charge in [-0.1, -0.05) is 31.9 Å². The molecule has 1 fully saturated rings. The molecule has 0 aromatic heterocycles. The highest BCUT2D eigenvalue weighted by Gasteiger charge is 2.46. The Bertz CT molecular complexity index is 1090. The molecule has 8 atom stereocenters. The minimum atomic E-state index is -1.81. The van der Waals surface area contributed by atoms with Crippen LogP contribution in [0.15, 0.2) is 67.7 Å². The number of aliphatic hydroxyl groups is 7. The van der Waals surface area contributed by atoms with Gasteiger partial charge in [-0.25, -0.2) is 0 Å². The number of halogens is 2. The van der Waals surface area contributed by atoms with Crippen LogP contribution in [0.5, 0.6) is 0 Å². The van der Waals surface area contributed by atoms with Crippen LogP contribution in [0, 0.1) is 0 Å². The van der Waals surface area contributed by atoms with Gasteiger partial charge in [0.25, 0.3) is 0 Å². The molecule has 13 nitrogen and oxygen atoms in total. The van der Waals surface area contributed by atoms with E-state index in [4.69, 9.17) is 9.47 Å². The van der Waals surface area contributed by atoms with Gasteiger partial charge in [-0.15, -0.1) is 0 Å². The second-order valence-electron chi connectivity index (χ2n) is 8.52. The number of benzene rings is 2. The van der Waals surface area contributed by atoms with Crippen LogP contribution in [0.1, 0.15) is 0 Å². The number of hydrogen-bond acceptors (Lipinski definition) is 13. The number of rotatable bonds is 12. The third-order valence-electron chi connectivity index (χ3n) is 5.71. The Balaban J connectivity index is 1.87. The predicted molar refractivity (Wildman–Crippen MR) is 149 cm³/mol. The average Bonchev–Trinajstić information content (AvgIpc) is 2.94. The van der Waals surface area contributed by atoms with E-state index in [0.717, 1.165) is 15.2 Å². The summed E-state index contributed by atoms with van der Waals surface area (Å²) in [6.45, 7) is -1.57. The van der Waals surface area contributed by atoms with Crippen molar-refractivity contribution in [1.29, 1.82) is 0 Å². The molecule has 1 heterocycles. The molecule has 15 heteroatoms. The number of hydrazone groups is 2. The molecule has 1 aliphatic rings. The van der Waals surface area contributed by atoms with Crippen LogP contribution in [-0.2, 0) is 9.47 Å². The van der Waals surface area contributed by atoms with Gasteiger partial charge in [0, 0.05) is 8.95 Å². The van der Waals surface area contributed by atoms with Gasteiger partial charge in [0.2, 0.25) is 0 Å². The summed E-state index contributed by atoms with van der Waals surface area (Å²) in [5.74, 6) is 0. The molecule has 2 aromatic carbocycles. The van der Waals surface area contributed by atoms with Crippen LogP contribution in [0.3, 0.4) is 0 Å². The van der Waals surface area contributed by atoms with Crippen molar-refractivity contribution < 1.29 is 45.2 Å². The molecule has 0 unspecified atom stereocenters. The summed E-state index contributed by atoms with van der Waals surface area (Å²) in [5, 5.41) is 79.4. The SMILES string of the molecule is OC[C@@H](O)[C@@H](O[C@H]1O[C@@H](CO)[C@@H](O)[C@@H](O)[C@H]1O)[C@@H](O)C(/C=N\Nc1ccc(Br)cc1)=N/Nc1ccc(Br)cc1. The van der Waals surface area contributed by atoms with E-state index in [9.17, 15) is 35.7 Å². The van der Waals surface area contributed by atoms with Crippen LogP contribution in [0.4, 0.5) is 11.4 Å². The summed E-state index contributed by atoms with van der Waals surface area (Å²) >= 11 is 6.68. The van der Waals surface area contributed by atoms with Crippen molar-refractivity contribution in [1.82, 2.24) is 0 Å². The van der Waals surface area contributed by atoms with Gasteiger partial charge in [0.05, 0.1) is 30.8 Å². The van der Waals surface area contributed by atoms with E-state index in [1.807, 2.05) is 0 Å². The number of anilines is 2. The van der Waals surface area contributed by atoms with Crippen LogP contribution in [-0.4, -0.2) is 110 Å². The quantitative estimate of drug-likeness (QED) is 0.108. The first kappa shape index (κ1) is 31.5. The summed E-state index contributed by atoms with van der Waals surface area (Å²) in [7, 11) is 0. The van der Waals surface area contributed by atoms with Gasteiger partial charge < -0.3 is 45.2 Å². The fourth-order valence-corrected chi connectivity index (χ4v) is 4.03. The number of aliphatic hydroxyl groups excluding tert-OH is 7. The second kappa shape index (κ2) is 15.1. The molecule has 0 bridgehead atoms. The third-order valence-corrected chi connectivity index (χ3v) is 6.77. The summed E-state index contributed by atoms with van der Waals surface area (Å²) in [6.07, 6.45) is -12.2. The maximum absolute atomic E-state index is 11.2. The molecular weight excluding hydrogens is 648 g/mol. The number of hydrogen-bond donors (Lipinski definition) is 9. The summed E-state index contributed by atoms with van der Waals surface area (Å²) in [5.41, 5.74) is 6.54. The molecule has 2 aromatic rings. The number of nitrogens with one attached hydrogen (secondary N) is 2. The molecule has 9 N–H and O–H groups in total. The van der Waals surface area contributed by atoms with Crippen molar-refractivity contribution in [2.75, 3.05) is 24.1 Å². The largest absolute Gasteiger partial charge is 0.394 e. The van der Waals surface area contributed by atoms with Crippen molar-refractivity contribution in [3.63, 3.8) is 0 Å². The third kappa shape index (κ3) is 8.73. The van der Waals surface area contributed by atoms with Crippen molar-refractivity contribution in [2.24, 2.45) is 10.2 Å². The zero-order valence-corrected chi connectivity index (χ0v) is 23.5. The Kier molecular flexibility index (Phi) is 12.2. The van der Waals surface area contributed by atoms with E-state index in [2.05, 4.69) is 52.9 Å². The molecule has 0 radical (unpaired) electrons. The fourth-order valence-electron chi connectivity index (χ4n) is 3.50. The lowest BCUT2D eigenvalue weighted by molar-refractivity contribution is -0.322. The Hall–Kier alpha value is -2.02. The summed E-state index contributed by atoms with van der Waals surface area (Å²) in [6, 6.07) is 14.0. The first-order chi connectivity index (χ1) is 18.6. The lowest BCUT2D eigenvalue weighted by Gasteiger charge is -2.41. The molecule has 214 valence electrons. The normalized spacial score (nSPS) is 26.3. The van der Waals surface area contributed by atoms with Crippen molar-refractivity contribution in [3.05, 3.63) is 57.5 Å². The smallest absolute Gasteiger partial charge is 0.187 e. The molecule has 0 spiro atoms. The molecule has 0 aliphatic carbocycles. The molecular formula is C24H30Br2N4O9. The number of ether oxygens (including phenoxy) is 2. The van der Waals surface area contributed by atoms with Crippen molar-refractivity contribution >= 4 is 55.2 Å². The van der Waals surface area contributed by atoms with Crippen LogP contribution in [0.25, 0.3) is 0 Å². The number of nitrogens with zero attached hydrogens (tertiary/aromatic N) is 2. The van der Waals surface area contributed by atoms with E-state index in [1.165, 1.54) is 0 Å². The van der Waals surface area contributed by atoms with Gasteiger partial charge >= 0.3 is 0 Å². The van der Waals surface area contributed by atoms with Crippen LogP contribution < -0.4 is 10.9 Å². The van der Waals surface area contributed by atoms with E-state index in [0.29, 0.717) is 11.4 Å². The average molecular weight is 678 g/mol. The molecule has 0 saturated carbocycles. The summed E-state index contributed by atoms with van der Waals surface area (Å²) < 4.78 is 12.6. The predicted octanol–water partition coefficient (Wildman–Crippen LogP) is -0.0234. The van der Waals surface area contributed by atoms with E-state index >= 15 is 0 Å². The minimum absolute atomic E-state index is 0.162. The fraction of sp³-hybridized carbons (Fsp3) is 0.417. The van der Waals surface area contributed by atoms with E-state index in [-0.39, 0.29) is 5.71 Å². The summed E-state index contributed by atoms with van der Waals surface area (Å²) in [4.78, 5) is 0. The van der Waals surface area contributed by atoms with Gasteiger partial charge in [0.1, 0.15) is 48.4 Å². The highest BCUT2D eigenvalue weighted by Crippen LogP contribution is 2.25. The van der Waals surface area contributed by atoms with Gasteiger partial charge in [0.15, 0.2) is 6.29 Å². The maximum atomic E-state index is 11.2. The van der Waals surface area contributed by atoms with Gasteiger partial charge in [-0.2, -0.15) is 10.2 Å². The Morgan fingerprint density at radius 2 is 1.46 bits per heavy atom. The standard InChI is InChI=1S/C24H30Br2N4O9/c25-12-1-5-14(6-2-12)28-27-9-16(30-29-15-7-3-13(26)4-8-15)19(34)23(17(33)10-31)39-24-22(37)21(36)20(35)18(11-32)38-24/h1-9,17-24,28-29,31-37H,10-11H2/b27-9-,30-16+/t17-,18+,19+,20-,21-,22-,23-,24-/m1/s1. The minimum Gasteiger partial charge on any atom is -0.394 e. The van der Waals surface area contributed by atoms with E-state index < -0.39 is 62.2 Å². The first-order valence-electron chi connectivity index (χ1n) is 11.7. The monoisotopic (exact) mass is 676 g/mol. The molecule has 0 amide bonds. The van der Waals surface area contributed by atoms with Crippen LogP contribution >= 0.6 is 31.9 Å². The Morgan fingerprint density at radius 1 is 0.897 bits per heavy atom.